The molecule has 0 aliphatic carbocycles. The average Bonchev–Trinajstić information content (AvgIpc) is 2.69. The molecule has 5 nitrogen and oxygen atoms in total. The minimum absolute atomic E-state index is 0. The number of methoxy groups -OCH3 is 1. The molecule has 1 N–H and O–H groups in total. The predicted octanol–water partition coefficient (Wildman–Crippen LogP) is 4.43. The summed E-state index contributed by atoms with van der Waals surface area (Å²) >= 11 is 5.79. The molecule has 27 heavy (non-hydrogen) atoms. The van der Waals surface area contributed by atoms with Crippen molar-refractivity contribution in [2.24, 2.45) is 0 Å². The lowest BCUT2D eigenvalue weighted by atomic mass is 10.2. The number of hydrogen-bond acceptors (Lipinski definition) is 5. The van der Waals surface area contributed by atoms with Crippen LogP contribution in [0.5, 0.6) is 11.5 Å². The summed E-state index contributed by atoms with van der Waals surface area (Å²) in [5.74, 6) is 1.40. The van der Waals surface area contributed by atoms with E-state index in [1.807, 2.05) is 36.4 Å². The summed E-state index contributed by atoms with van der Waals surface area (Å²) in [4.78, 5) is 8.07. The molecule has 0 bridgehead atoms. The summed E-state index contributed by atoms with van der Waals surface area (Å²) in [5.41, 5.74) is 3.26. The first-order valence-electron chi connectivity index (χ1n) is 8.24. The first-order valence-corrected chi connectivity index (χ1v) is 8.62. The quantitative estimate of drug-likeness (QED) is 0.561. The van der Waals surface area contributed by atoms with Crippen molar-refractivity contribution in [2.45, 2.75) is 19.7 Å². The molecule has 0 unspecified atom stereocenters. The standard InChI is InChI=1S/C20H20ClN3O2.ClH/c1-25-19-10-16(12-23-11-15-6-8-22-9-7-15)2-4-18(19)26-14-17-3-5-20(21)24-13-17;/h2-10,13,23H,11-12,14H2,1H3;1H. The predicted molar refractivity (Wildman–Crippen MR) is 109 cm³/mol. The van der Waals surface area contributed by atoms with Crippen molar-refractivity contribution in [3.8, 4) is 11.5 Å². The molecule has 2 aromatic heterocycles. The average molecular weight is 406 g/mol. The lowest BCUT2D eigenvalue weighted by Gasteiger charge is -2.13. The molecule has 0 spiro atoms. The van der Waals surface area contributed by atoms with Crippen molar-refractivity contribution in [3.05, 3.63) is 82.9 Å². The second kappa shape index (κ2) is 10.7. The number of nitrogens with zero attached hydrogens (tertiary/aromatic N) is 2. The summed E-state index contributed by atoms with van der Waals surface area (Å²) in [6.07, 6.45) is 5.29. The highest BCUT2D eigenvalue weighted by atomic mass is 35.5. The Bertz CT molecular complexity index is 830. The van der Waals surface area contributed by atoms with E-state index < -0.39 is 0 Å². The Morgan fingerprint density at radius 2 is 1.67 bits per heavy atom. The van der Waals surface area contributed by atoms with E-state index in [-0.39, 0.29) is 12.4 Å². The summed E-state index contributed by atoms with van der Waals surface area (Å²) in [5, 5.41) is 3.87. The fourth-order valence-electron chi connectivity index (χ4n) is 2.45. The summed E-state index contributed by atoms with van der Waals surface area (Å²) < 4.78 is 11.3. The van der Waals surface area contributed by atoms with Gasteiger partial charge in [-0.1, -0.05) is 23.7 Å². The summed E-state index contributed by atoms with van der Waals surface area (Å²) in [7, 11) is 1.64. The second-order valence-electron chi connectivity index (χ2n) is 5.72. The van der Waals surface area contributed by atoms with Gasteiger partial charge in [0, 0.05) is 37.2 Å². The number of hydrogen-bond donors (Lipinski definition) is 1. The van der Waals surface area contributed by atoms with Gasteiger partial charge in [0.15, 0.2) is 11.5 Å². The van der Waals surface area contributed by atoms with Gasteiger partial charge in [0.1, 0.15) is 11.8 Å². The minimum atomic E-state index is 0. The van der Waals surface area contributed by atoms with Crippen LogP contribution in [-0.4, -0.2) is 17.1 Å². The van der Waals surface area contributed by atoms with Crippen LogP contribution in [0.3, 0.4) is 0 Å². The zero-order chi connectivity index (χ0) is 18.2. The maximum Gasteiger partial charge on any atom is 0.161 e. The number of rotatable bonds is 8. The fraction of sp³-hybridized carbons (Fsp3) is 0.200. The van der Waals surface area contributed by atoms with Crippen LogP contribution in [-0.2, 0) is 19.7 Å². The van der Waals surface area contributed by atoms with Gasteiger partial charge in [-0.25, -0.2) is 4.98 Å². The Balaban J connectivity index is 0.00000261. The van der Waals surface area contributed by atoms with Crippen LogP contribution in [0.4, 0.5) is 0 Å². The molecule has 0 saturated carbocycles. The maximum absolute atomic E-state index is 5.85. The largest absolute Gasteiger partial charge is 0.493 e. The highest BCUT2D eigenvalue weighted by Crippen LogP contribution is 2.29. The van der Waals surface area contributed by atoms with Gasteiger partial charge in [-0.15, -0.1) is 12.4 Å². The van der Waals surface area contributed by atoms with E-state index in [9.17, 15) is 0 Å². The molecule has 3 rings (SSSR count). The van der Waals surface area contributed by atoms with Gasteiger partial charge < -0.3 is 14.8 Å². The van der Waals surface area contributed by atoms with Crippen LogP contribution in [0.15, 0.2) is 61.1 Å². The first kappa shape index (κ1) is 21.0. The molecule has 0 atom stereocenters. The fourth-order valence-corrected chi connectivity index (χ4v) is 2.56. The van der Waals surface area contributed by atoms with Crippen molar-refractivity contribution in [1.29, 1.82) is 0 Å². The smallest absolute Gasteiger partial charge is 0.161 e. The third kappa shape index (κ3) is 6.40. The lowest BCUT2D eigenvalue weighted by molar-refractivity contribution is 0.284. The van der Waals surface area contributed by atoms with E-state index in [1.165, 1.54) is 5.56 Å². The van der Waals surface area contributed by atoms with Crippen LogP contribution in [0, 0.1) is 0 Å². The highest BCUT2D eigenvalue weighted by molar-refractivity contribution is 6.29. The molecule has 0 fully saturated rings. The van der Waals surface area contributed by atoms with Crippen LogP contribution in [0.25, 0.3) is 0 Å². The SMILES string of the molecule is COc1cc(CNCc2ccncc2)ccc1OCc1ccc(Cl)nc1.Cl. The monoisotopic (exact) mass is 405 g/mol. The van der Waals surface area contributed by atoms with E-state index in [1.54, 1.807) is 31.8 Å². The van der Waals surface area contributed by atoms with E-state index in [0.717, 1.165) is 24.2 Å². The highest BCUT2D eigenvalue weighted by Gasteiger charge is 2.07. The molecular weight excluding hydrogens is 385 g/mol. The van der Waals surface area contributed by atoms with Crippen molar-refractivity contribution >= 4 is 24.0 Å². The Kier molecular flexibility index (Phi) is 8.33. The molecule has 3 aromatic rings. The van der Waals surface area contributed by atoms with E-state index in [2.05, 4.69) is 15.3 Å². The number of nitrogens with one attached hydrogen (secondary N) is 1. The number of pyridine rings is 2. The number of aromatic nitrogens is 2. The van der Waals surface area contributed by atoms with Crippen molar-refractivity contribution in [2.75, 3.05) is 7.11 Å². The molecule has 7 heteroatoms. The van der Waals surface area contributed by atoms with Gasteiger partial charge >= 0.3 is 0 Å². The molecule has 2 heterocycles. The zero-order valence-electron chi connectivity index (χ0n) is 14.9. The van der Waals surface area contributed by atoms with Crippen LogP contribution < -0.4 is 14.8 Å². The molecular formula is C20H21Cl2N3O2. The third-order valence-electron chi connectivity index (χ3n) is 3.82. The summed E-state index contributed by atoms with van der Waals surface area (Å²) in [6, 6.07) is 13.6. The van der Waals surface area contributed by atoms with Crippen molar-refractivity contribution in [3.63, 3.8) is 0 Å². The molecule has 1 aromatic carbocycles. The Labute approximate surface area is 170 Å². The van der Waals surface area contributed by atoms with E-state index >= 15 is 0 Å². The van der Waals surface area contributed by atoms with Crippen molar-refractivity contribution in [1.82, 2.24) is 15.3 Å². The molecule has 0 amide bonds. The topological polar surface area (TPSA) is 56.3 Å². The lowest BCUT2D eigenvalue weighted by Crippen LogP contribution is -2.12. The minimum Gasteiger partial charge on any atom is -0.493 e. The van der Waals surface area contributed by atoms with Gasteiger partial charge in [0.05, 0.1) is 7.11 Å². The first-order chi connectivity index (χ1) is 12.7. The molecule has 0 aliphatic heterocycles. The Hall–Kier alpha value is -2.34. The Morgan fingerprint density at radius 3 is 2.37 bits per heavy atom. The van der Waals surface area contributed by atoms with Gasteiger partial charge in [-0.3, -0.25) is 4.98 Å². The molecule has 0 saturated heterocycles. The van der Waals surface area contributed by atoms with E-state index in [0.29, 0.717) is 23.3 Å². The van der Waals surface area contributed by atoms with Crippen molar-refractivity contribution < 1.29 is 9.47 Å². The molecule has 0 aliphatic rings. The van der Waals surface area contributed by atoms with Crippen LogP contribution >= 0.6 is 24.0 Å². The maximum atomic E-state index is 5.85. The van der Waals surface area contributed by atoms with Gasteiger partial charge in [-0.2, -0.15) is 0 Å². The third-order valence-corrected chi connectivity index (χ3v) is 4.04. The van der Waals surface area contributed by atoms with Gasteiger partial charge in [0.25, 0.3) is 0 Å². The summed E-state index contributed by atoms with van der Waals surface area (Å²) in [6.45, 7) is 1.92. The van der Waals surface area contributed by atoms with Gasteiger partial charge in [0.2, 0.25) is 0 Å². The zero-order valence-corrected chi connectivity index (χ0v) is 16.5. The number of benzene rings is 1. The normalized spacial score (nSPS) is 10.1. The number of halogens is 2. The van der Waals surface area contributed by atoms with Crippen LogP contribution in [0.2, 0.25) is 5.15 Å². The molecule has 0 radical (unpaired) electrons. The second-order valence-corrected chi connectivity index (χ2v) is 6.11. The van der Waals surface area contributed by atoms with Crippen LogP contribution in [0.1, 0.15) is 16.7 Å². The Morgan fingerprint density at radius 1 is 0.926 bits per heavy atom. The number of ether oxygens (including phenoxy) is 2. The van der Waals surface area contributed by atoms with E-state index in [4.69, 9.17) is 21.1 Å². The van der Waals surface area contributed by atoms with Gasteiger partial charge in [-0.05, 0) is 41.5 Å². The molecule has 142 valence electrons.